The van der Waals surface area contributed by atoms with Gasteiger partial charge in [0.25, 0.3) is 0 Å². The molecule has 184 valence electrons. The van der Waals surface area contributed by atoms with Gasteiger partial charge in [0.05, 0.1) is 23.1 Å². The fourth-order valence-corrected chi connectivity index (χ4v) is 6.16. The number of hydrogen-bond donors (Lipinski definition) is 2. The average Bonchev–Trinajstić information content (AvgIpc) is 3.46. The molecule has 0 saturated carbocycles. The minimum atomic E-state index is 0.0484. The van der Waals surface area contributed by atoms with Crippen molar-refractivity contribution in [3.8, 4) is 22.5 Å². The molecule has 1 atom stereocenters. The van der Waals surface area contributed by atoms with Crippen molar-refractivity contribution < 1.29 is 0 Å². The fourth-order valence-electron chi connectivity index (χ4n) is 6.16. The van der Waals surface area contributed by atoms with Crippen molar-refractivity contribution in [3.63, 3.8) is 0 Å². The van der Waals surface area contributed by atoms with Crippen molar-refractivity contribution in [2.24, 2.45) is 11.1 Å². The Bertz CT molecular complexity index is 1600. The maximum absolute atomic E-state index is 6.77. The molecular formula is C30H29N7. The number of nitrogens with zero attached hydrogens (tertiary/aromatic N) is 5. The molecule has 1 fully saturated rings. The number of aromatic amines is 1. The van der Waals surface area contributed by atoms with Gasteiger partial charge in [0.15, 0.2) is 0 Å². The van der Waals surface area contributed by atoms with E-state index in [9.17, 15) is 0 Å². The van der Waals surface area contributed by atoms with Crippen LogP contribution in [0.15, 0.2) is 73.1 Å². The third-order valence-electron chi connectivity index (χ3n) is 8.35. The highest BCUT2D eigenvalue weighted by atomic mass is 15.2. The number of H-pyrrole nitrogens is 1. The second-order valence-electron chi connectivity index (χ2n) is 10.4. The van der Waals surface area contributed by atoms with Gasteiger partial charge in [0, 0.05) is 53.2 Å². The van der Waals surface area contributed by atoms with E-state index < -0.39 is 0 Å². The Kier molecular flexibility index (Phi) is 5.08. The smallest absolute Gasteiger partial charge is 0.147 e. The summed E-state index contributed by atoms with van der Waals surface area (Å²) in [5, 5.41) is 8.66. The molecule has 7 rings (SSSR count). The standard InChI is InChI=1S/C30H29N7/c1-19-22-10-9-21(16-24(22)36-35-19)27-28(20-6-3-2-4-7-20)34-26(18-33-27)37-14-11-30(12-15-37)17-25-23(29(30)31)8-5-13-32-25/h2-10,13,16,18,29H,11-12,14-15,17,31H2,1H3,(H,35,36)/t29-/m1/s1. The number of aromatic nitrogens is 5. The summed E-state index contributed by atoms with van der Waals surface area (Å²) < 4.78 is 0. The maximum Gasteiger partial charge on any atom is 0.147 e. The van der Waals surface area contributed by atoms with Gasteiger partial charge < -0.3 is 10.6 Å². The predicted molar refractivity (Wildman–Crippen MR) is 146 cm³/mol. The Morgan fingerprint density at radius 2 is 1.78 bits per heavy atom. The minimum Gasteiger partial charge on any atom is -0.355 e. The van der Waals surface area contributed by atoms with E-state index in [0.29, 0.717) is 0 Å². The molecule has 1 saturated heterocycles. The zero-order chi connectivity index (χ0) is 25.0. The summed E-state index contributed by atoms with van der Waals surface area (Å²) in [5.74, 6) is 0.913. The number of hydrogen-bond acceptors (Lipinski definition) is 6. The molecule has 5 aromatic rings. The quantitative estimate of drug-likeness (QED) is 0.362. The zero-order valence-electron chi connectivity index (χ0n) is 20.9. The predicted octanol–water partition coefficient (Wildman–Crippen LogP) is 5.23. The van der Waals surface area contributed by atoms with Crippen LogP contribution in [0.3, 0.4) is 0 Å². The van der Waals surface area contributed by atoms with E-state index in [1.807, 2.05) is 43.6 Å². The third-order valence-corrected chi connectivity index (χ3v) is 8.35. The zero-order valence-corrected chi connectivity index (χ0v) is 20.9. The fraction of sp³-hybridized carbons (Fsp3) is 0.267. The van der Waals surface area contributed by atoms with E-state index in [1.165, 1.54) is 11.3 Å². The molecule has 1 aliphatic heterocycles. The van der Waals surface area contributed by atoms with E-state index in [1.54, 1.807) is 0 Å². The molecule has 7 nitrogen and oxygen atoms in total. The van der Waals surface area contributed by atoms with E-state index in [-0.39, 0.29) is 11.5 Å². The molecule has 4 heterocycles. The molecule has 2 aromatic carbocycles. The van der Waals surface area contributed by atoms with Crippen LogP contribution in [0.1, 0.15) is 35.8 Å². The highest BCUT2D eigenvalue weighted by molar-refractivity contribution is 5.88. The van der Waals surface area contributed by atoms with Crippen molar-refractivity contribution >= 4 is 16.7 Å². The molecule has 0 radical (unpaired) electrons. The second-order valence-corrected chi connectivity index (χ2v) is 10.4. The van der Waals surface area contributed by atoms with Crippen molar-refractivity contribution in [2.45, 2.75) is 32.2 Å². The van der Waals surface area contributed by atoms with Crippen LogP contribution in [-0.4, -0.2) is 38.2 Å². The molecule has 0 unspecified atom stereocenters. The molecule has 7 heteroatoms. The number of anilines is 1. The van der Waals surface area contributed by atoms with E-state index in [2.05, 4.69) is 56.5 Å². The summed E-state index contributed by atoms with van der Waals surface area (Å²) in [7, 11) is 0. The van der Waals surface area contributed by atoms with Crippen LogP contribution >= 0.6 is 0 Å². The SMILES string of the molecule is Cc1[nH]nc2cc(-c3ncc(N4CCC5(CC4)Cc4ncccc4[C@H]5N)nc3-c3ccccc3)ccc12. The lowest BCUT2D eigenvalue weighted by molar-refractivity contribution is 0.186. The van der Waals surface area contributed by atoms with Crippen molar-refractivity contribution in [1.82, 2.24) is 25.1 Å². The highest BCUT2D eigenvalue weighted by Gasteiger charge is 2.46. The Hall–Kier alpha value is -4.10. The molecule has 37 heavy (non-hydrogen) atoms. The average molecular weight is 488 g/mol. The summed E-state index contributed by atoms with van der Waals surface area (Å²) in [6.45, 7) is 3.85. The van der Waals surface area contributed by atoms with Gasteiger partial charge in [-0.25, -0.2) is 4.98 Å². The molecule has 0 amide bonds. The van der Waals surface area contributed by atoms with Gasteiger partial charge in [0.2, 0.25) is 0 Å². The first-order valence-electron chi connectivity index (χ1n) is 12.9. The van der Waals surface area contributed by atoms with E-state index in [0.717, 1.165) is 77.3 Å². The third kappa shape index (κ3) is 3.61. The van der Waals surface area contributed by atoms with Gasteiger partial charge in [-0.05, 0) is 49.3 Å². The molecular weight excluding hydrogens is 458 g/mol. The first-order chi connectivity index (χ1) is 18.1. The van der Waals surface area contributed by atoms with Crippen molar-refractivity contribution in [2.75, 3.05) is 18.0 Å². The lowest BCUT2D eigenvalue weighted by atomic mass is 9.73. The van der Waals surface area contributed by atoms with E-state index >= 15 is 0 Å². The Balaban J connectivity index is 1.22. The molecule has 3 N–H and O–H groups in total. The van der Waals surface area contributed by atoms with Crippen LogP contribution in [0.5, 0.6) is 0 Å². The van der Waals surface area contributed by atoms with Crippen LogP contribution in [0.25, 0.3) is 33.4 Å². The number of rotatable bonds is 3. The molecule has 1 spiro atoms. The lowest BCUT2D eigenvalue weighted by Crippen LogP contribution is -2.44. The van der Waals surface area contributed by atoms with Gasteiger partial charge in [-0.3, -0.25) is 15.1 Å². The van der Waals surface area contributed by atoms with Gasteiger partial charge in [-0.1, -0.05) is 48.5 Å². The van der Waals surface area contributed by atoms with Crippen LogP contribution in [0, 0.1) is 12.3 Å². The van der Waals surface area contributed by atoms with Gasteiger partial charge >= 0.3 is 0 Å². The molecule has 1 aliphatic carbocycles. The summed E-state index contributed by atoms with van der Waals surface area (Å²) in [5.41, 5.74) is 15.1. The first-order valence-corrected chi connectivity index (χ1v) is 12.9. The summed E-state index contributed by atoms with van der Waals surface area (Å²) in [6, 6.07) is 20.8. The number of pyridine rings is 1. The van der Waals surface area contributed by atoms with Crippen LogP contribution in [0.4, 0.5) is 5.82 Å². The maximum atomic E-state index is 6.77. The van der Waals surface area contributed by atoms with Gasteiger partial charge in [-0.15, -0.1) is 0 Å². The normalized spacial score (nSPS) is 18.4. The number of piperidine rings is 1. The van der Waals surface area contributed by atoms with Crippen LogP contribution in [0.2, 0.25) is 0 Å². The number of fused-ring (bicyclic) bond motifs is 2. The van der Waals surface area contributed by atoms with Gasteiger partial charge in [-0.2, -0.15) is 5.10 Å². The summed E-state index contributed by atoms with van der Waals surface area (Å²) >= 11 is 0. The Labute approximate surface area is 215 Å². The highest BCUT2D eigenvalue weighted by Crippen LogP contribution is 2.50. The van der Waals surface area contributed by atoms with Crippen LogP contribution in [-0.2, 0) is 6.42 Å². The van der Waals surface area contributed by atoms with Crippen molar-refractivity contribution in [1.29, 1.82) is 0 Å². The summed E-state index contributed by atoms with van der Waals surface area (Å²) in [4.78, 5) is 17.1. The second kappa shape index (κ2) is 8.49. The molecule has 0 bridgehead atoms. The Morgan fingerprint density at radius 3 is 2.59 bits per heavy atom. The van der Waals surface area contributed by atoms with Crippen molar-refractivity contribution in [3.05, 3.63) is 90.0 Å². The topological polar surface area (TPSA) is 96.6 Å². The first kappa shape index (κ1) is 22.1. The number of nitrogens with one attached hydrogen (secondary N) is 1. The minimum absolute atomic E-state index is 0.0484. The van der Waals surface area contributed by atoms with Crippen LogP contribution < -0.4 is 10.6 Å². The molecule has 2 aliphatic rings. The monoisotopic (exact) mass is 487 g/mol. The largest absolute Gasteiger partial charge is 0.355 e. The number of benzene rings is 2. The molecule has 3 aromatic heterocycles. The van der Waals surface area contributed by atoms with E-state index in [4.69, 9.17) is 15.7 Å². The lowest BCUT2D eigenvalue weighted by Gasteiger charge is -2.42. The number of aryl methyl sites for hydroxylation is 1. The Morgan fingerprint density at radius 1 is 0.946 bits per heavy atom. The summed E-state index contributed by atoms with van der Waals surface area (Å²) in [6.07, 6.45) is 6.80. The number of nitrogens with two attached hydrogens (primary N) is 1. The van der Waals surface area contributed by atoms with Gasteiger partial charge in [0.1, 0.15) is 5.82 Å².